The number of phenols is 1. The Morgan fingerprint density at radius 3 is 2.38 bits per heavy atom. The number of carboxylic acids is 1. The van der Waals surface area contributed by atoms with Crippen molar-refractivity contribution in [1.29, 1.82) is 0 Å². The third kappa shape index (κ3) is 3.97. The van der Waals surface area contributed by atoms with Gasteiger partial charge in [-0.3, -0.25) is 4.79 Å². The fourth-order valence-electron chi connectivity index (χ4n) is 1.61. The second-order valence-electron chi connectivity index (χ2n) is 4.17. The average molecular weight is 286 g/mol. The molecule has 0 radical (unpaired) electrons. The molecule has 1 amide bonds. The van der Waals surface area contributed by atoms with Crippen molar-refractivity contribution in [3.8, 4) is 11.5 Å². The molecule has 0 unspecified atom stereocenters. The van der Waals surface area contributed by atoms with E-state index in [2.05, 4.69) is 5.32 Å². The van der Waals surface area contributed by atoms with Gasteiger partial charge in [0.05, 0.1) is 5.97 Å². The molecule has 2 rings (SSSR count). The predicted molar refractivity (Wildman–Crippen MR) is 73.0 cm³/mol. The van der Waals surface area contributed by atoms with Gasteiger partial charge in [0.25, 0.3) is 5.91 Å². The normalized spacial score (nSPS) is 9.90. The number of carboxylic acid groups (broad SMARTS) is 1. The van der Waals surface area contributed by atoms with Crippen molar-refractivity contribution in [3.05, 3.63) is 54.1 Å². The van der Waals surface area contributed by atoms with Crippen LogP contribution in [0.3, 0.4) is 0 Å². The van der Waals surface area contributed by atoms with E-state index in [1.165, 1.54) is 36.4 Å². The molecule has 2 aromatic rings. The molecular weight excluding hydrogens is 274 g/mol. The van der Waals surface area contributed by atoms with Gasteiger partial charge in [0.1, 0.15) is 0 Å². The van der Waals surface area contributed by atoms with Crippen molar-refractivity contribution < 1.29 is 24.5 Å². The van der Waals surface area contributed by atoms with Gasteiger partial charge in [-0.15, -0.1) is 0 Å². The molecular formula is C15H12NO5-. The molecule has 0 atom stereocenters. The zero-order valence-corrected chi connectivity index (χ0v) is 10.9. The van der Waals surface area contributed by atoms with Crippen LogP contribution in [0.2, 0.25) is 0 Å². The maximum atomic E-state index is 11.7. The van der Waals surface area contributed by atoms with Crippen molar-refractivity contribution in [1.82, 2.24) is 0 Å². The lowest BCUT2D eigenvalue weighted by Gasteiger charge is -2.09. The van der Waals surface area contributed by atoms with Crippen molar-refractivity contribution >= 4 is 17.6 Å². The van der Waals surface area contributed by atoms with Gasteiger partial charge in [0, 0.05) is 5.69 Å². The number of para-hydroxylation sites is 2. The van der Waals surface area contributed by atoms with E-state index in [9.17, 15) is 19.8 Å². The van der Waals surface area contributed by atoms with Gasteiger partial charge < -0.3 is 25.1 Å². The number of benzene rings is 2. The third-order valence-corrected chi connectivity index (χ3v) is 2.63. The molecule has 0 bridgehead atoms. The van der Waals surface area contributed by atoms with Crippen LogP contribution in [-0.2, 0) is 4.79 Å². The number of rotatable bonds is 5. The van der Waals surface area contributed by atoms with E-state index in [1.54, 1.807) is 12.1 Å². The molecule has 0 saturated heterocycles. The van der Waals surface area contributed by atoms with Crippen molar-refractivity contribution in [2.24, 2.45) is 0 Å². The lowest BCUT2D eigenvalue weighted by Crippen LogP contribution is -2.22. The van der Waals surface area contributed by atoms with Gasteiger partial charge in [-0.2, -0.15) is 0 Å². The Bertz CT molecular complexity index is 651. The molecule has 0 saturated carbocycles. The summed E-state index contributed by atoms with van der Waals surface area (Å²) >= 11 is 0. The van der Waals surface area contributed by atoms with Crippen LogP contribution in [0.25, 0.3) is 0 Å². The summed E-state index contributed by atoms with van der Waals surface area (Å²) in [6.45, 7) is -0.278. The highest BCUT2D eigenvalue weighted by atomic mass is 16.5. The first-order valence-corrected chi connectivity index (χ1v) is 6.08. The number of amides is 1. The fraction of sp³-hybridized carbons (Fsp3) is 0.0667. The monoisotopic (exact) mass is 286 g/mol. The molecule has 6 heteroatoms. The molecule has 0 aliphatic rings. The van der Waals surface area contributed by atoms with Crippen LogP contribution in [0, 0.1) is 0 Å². The van der Waals surface area contributed by atoms with Gasteiger partial charge in [-0.05, 0) is 29.8 Å². The minimum Gasteiger partial charge on any atom is -0.545 e. The van der Waals surface area contributed by atoms with E-state index < -0.39 is 11.9 Å². The lowest BCUT2D eigenvalue weighted by molar-refractivity contribution is -0.255. The van der Waals surface area contributed by atoms with E-state index in [0.29, 0.717) is 5.69 Å². The summed E-state index contributed by atoms with van der Waals surface area (Å²) in [6.07, 6.45) is 0. The van der Waals surface area contributed by atoms with Crippen molar-refractivity contribution in [2.75, 3.05) is 11.9 Å². The van der Waals surface area contributed by atoms with E-state index in [0.717, 1.165) is 0 Å². The number of carbonyl (C=O) groups is 2. The van der Waals surface area contributed by atoms with Gasteiger partial charge in [0.2, 0.25) is 0 Å². The molecule has 2 N–H and O–H groups in total. The number of hydrogen-bond donors (Lipinski definition) is 2. The second-order valence-corrected chi connectivity index (χ2v) is 4.17. The molecule has 0 aliphatic heterocycles. The number of ether oxygens (including phenoxy) is 1. The zero-order valence-electron chi connectivity index (χ0n) is 10.9. The number of aromatic carboxylic acids is 1. The van der Waals surface area contributed by atoms with E-state index in [4.69, 9.17) is 4.74 Å². The topological polar surface area (TPSA) is 98.7 Å². The maximum absolute atomic E-state index is 11.7. The van der Waals surface area contributed by atoms with Crippen LogP contribution >= 0.6 is 0 Å². The van der Waals surface area contributed by atoms with Gasteiger partial charge in [-0.25, -0.2) is 0 Å². The van der Waals surface area contributed by atoms with Crippen LogP contribution in [0.1, 0.15) is 10.4 Å². The highest BCUT2D eigenvalue weighted by molar-refractivity contribution is 5.93. The smallest absolute Gasteiger partial charge is 0.262 e. The number of hydrogen-bond acceptors (Lipinski definition) is 5. The Balaban J connectivity index is 1.90. The number of aromatic hydroxyl groups is 1. The number of anilines is 1. The number of carbonyl (C=O) groups excluding carboxylic acids is 2. The van der Waals surface area contributed by atoms with Gasteiger partial charge in [-0.1, -0.05) is 24.3 Å². The largest absolute Gasteiger partial charge is 0.545 e. The van der Waals surface area contributed by atoms with E-state index >= 15 is 0 Å². The molecule has 0 aliphatic carbocycles. The maximum Gasteiger partial charge on any atom is 0.262 e. The zero-order chi connectivity index (χ0) is 15.2. The van der Waals surface area contributed by atoms with Crippen LogP contribution < -0.4 is 15.2 Å². The van der Waals surface area contributed by atoms with Crippen molar-refractivity contribution in [2.45, 2.75) is 0 Å². The first-order chi connectivity index (χ1) is 10.1. The SMILES string of the molecule is O=C(COc1ccccc1O)Nc1ccc(C(=O)[O-])cc1. The Kier molecular flexibility index (Phi) is 4.40. The average Bonchev–Trinajstić information content (AvgIpc) is 2.47. The van der Waals surface area contributed by atoms with Gasteiger partial charge >= 0.3 is 0 Å². The quantitative estimate of drug-likeness (QED) is 0.846. The summed E-state index contributed by atoms with van der Waals surface area (Å²) in [5, 5.41) is 22.6. The Labute approximate surface area is 120 Å². The van der Waals surface area contributed by atoms with Crippen molar-refractivity contribution in [3.63, 3.8) is 0 Å². The fourth-order valence-corrected chi connectivity index (χ4v) is 1.61. The summed E-state index contributed by atoms with van der Waals surface area (Å²) < 4.78 is 5.17. The van der Waals surface area contributed by atoms with E-state index in [-0.39, 0.29) is 23.7 Å². The summed E-state index contributed by atoms with van der Waals surface area (Å²) in [5.41, 5.74) is 0.462. The summed E-state index contributed by atoms with van der Waals surface area (Å²) in [4.78, 5) is 22.3. The Morgan fingerprint density at radius 2 is 1.76 bits per heavy atom. The minimum atomic E-state index is -1.28. The predicted octanol–water partition coefficient (Wildman–Crippen LogP) is 0.773. The van der Waals surface area contributed by atoms with Crippen LogP contribution in [0.15, 0.2) is 48.5 Å². The molecule has 21 heavy (non-hydrogen) atoms. The summed E-state index contributed by atoms with van der Waals surface area (Å²) in [7, 11) is 0. The van der Waals surface area contributed by atoms with Crippen LogP contribution in [0.5, 0.6) is 11.5 Å². The first kappa shape index (κ1) is 14.4. The lowest BCUT2D eigenvalue weighted by atomic mass is 10.2. The highest BCUT2D eigenvalue weighted by Gasteiger charge is 2.06. The minimum absolute atomic E-state index is 0.0263. The molecule has 0 spiro atoms. The number of nitrogens with one attached hydrogen (secondary N) is 1. The van der Waals surface area contributed by atoms with E-state index in [1.807, 2.05) is 0 Å². The molecule has 0 heterocycles. The standard InChI is InChI=1S/C15H13NO5/c17-12-3-1-2-4-13(12)21-9-14(18)16-11-7-5-10(6-8-11)15(19)20/h1-8,17H,9H2,(H,16,18)(H,19,20)/p-1. The highest BCUT2D eigenvalue weighted by Crippen LogP contribution is 2.24. The summed E-state index contributed by atoms with van der Waals surface area (Å²) in [5.74, 6) is -1.56. The van der Waals surface area contributed by atoms with Crippen LogP contribution in [-0.4, -0.2) is 23.6 Å². The first-order valence-electron chi connectivity index (χ1n) is 6.08. The second kappa shape index (κ2) is 6.42. The summed E-state index contributed by atoms with van der Waals surface area (Å²) in [6, 6.07) is 11.9. The van der Waals surface area contributed by atoms with Gasteiger partial charge in [0.15, 0.2) is 18.1 Å². The Hall–Kier alpha value is -3.02. The third-order valence-electron chi connectivity index (χ3n) is 2.63. The molecule has 0 aromatic heterocycles. The molecule has 6 nitrogen and oxygen atoms in total. The molecule has 2 aromatic carbocycles. The van der Waals surface area contributed by atoms with Crippen LogP contribution in [0.4, 0.5) is 5.69 Å². The molecule has 0 fully saturated rings. The molecule has 108 valence electrons. The Morgan fingerprint density at radius 1 is 1.10 bits per heavy atom. The number of phenolic OH excluding ortho intramolecular Hbond substituents is 1.